The number of hydrogen-bond donors (Lipinski definition) is 1. The summed E-state index contributed by atoms with van der Waals surface area (Å²) >= 11 is 13.7. The number of nitrogens with zero attached hydrogens (tertiary/aromatic N) is 2. The summed E-state index contributed by atoms with van der Waals surface area (Å²) in [6.45, 7) is 3.85. The molecule has 1 N–H and O–H groups in total. The standard InChI is InChI=1S/C27H21Cl2N3O2S/c1-16-8-11-23(17(2)12-16)31-25(33)21(15-30)27-32(20-6-4-3-5-7-20)26(34)24(35-27)14-18-13-19(28)9-10-22(18)29/h3-13,24H,14H2,1-2H3,(H,31,33)/b27-21+. The lowest BCUT2D eigenvalue weighted by Crippen LogP contribution is -2.31. The maximum absolute atomic E-state index is 13.6. The second-order valence-electron chi connectivity index (χ2n) is 8.12. The Kier molecular flexibility index (Phi) is 7.51. The fourth-order valence-electron chi connectivity index (χ4n) is 3.84. The Morgan fingerprint density at radius 2 is 1.83 bits per heavy atom. The number of aryl methyl sites for hydroxylation is 2. The van der Waals surface area contributed by atoms with Gasteiger partial charge in [0.05, 0.1) is 5.25 Å². The van der Waals surface area contributed by atoms with Crippen molar-refractivity contribution in [3.05, 3.63) is 104 Å². The van der Waals surface area contributed by atoms with Crippen molar-refractivity contribution in [3.8, 4) is 6.07 Å². The van der Waals surface area contributed by atoms with E-state index in [0.717, 1.165) is 16.7 Å². The van der Waals surface area contributed by atoms with Crippen molar-refractivity contribution < 1.29 is 9.59 Å². The van der Waals surface area contributed by atoms with Crippen LogP contribution in [0.2, 0.25) is 10.0 Å². The van der Waals surface area contributed by atoms with Crippen molar-refractivity contribution in [1.29, 1.82) is 5.26 Å². The molecule has 0 aromatic heterocycles. The third kappa shape index (κ3) is 5.38. The summed E-state index contributed by atoms with van der Waals surface area (Å²) in [5, 5.41) is 13.5. The number of amides is 2. The zero-order valence-electron chi connectivity index (χ0n) is 19.0. The van der Waals surface area contributed by atoms with E-state index in [1.54, 1.807) is 48.5 Å². The predicted octanol–water partition coefficient (Wildman–Crippen LogP) is 6.68. The molecule has 3 aromatic carbocycles. The Labute approximate surface area is 218 Å². The van der Waals surface area contributed by atoms with Gasteiger partial charge < -0.3 is 5.32 Å². The van der Waals surface area contributed by atoms with Gasteiger partial charge in [-0.1, -0.05) is 70.9 Å². The summed E-state index contributed by atoms with van der Waals surface area (Å²) in [5.41, 5.74) is 3.71. The van der Waals surface area contributed by atoms with Gasteiger partial charge in [0.1, 0.15) is 16.7 Å². The zero-order chi connectivity index (χ0) is 25.1. The van der Waals surface area contributed by atoms with Crippen LogP contribution in [0, 0.1) is 25.2 Å². The number of halogens is 2. The lowest BCUT2D eigenvalue weighted by molar-refractivity contribution is -0.117. The summed E-state index contributed by atoms with van der Waals surface area (Å²) in [4.78, 5) is 28.2. The first kappa shape index (κ1) is 24.9. The highest BCUT2D eigenvalue weighted by Gasteiger charge is 2.41. The molecule has 8 heteroatoms. The van der Waals surface area contributed by atoms with E-state index in [9.17, 15) is 14.9 Å². The molecule has 0 radical (unpaired) electrons. The molecule has 2 amide bonds. The molecule has 5 nitrogen and oxygen atoms in total. The summed E-state index contributed by atoms with van der Waals surface area (Å²) in [7, 11) is 0. The molecular weight excluding hydrogens is 501 g/mol. The van der Waals surface area contributed by atoms with Crippen LogP contribution in [0.3, 0.4) is 0 Å². The topological polar surface area (TPSA) is 73.2 Å². The molecule has 1 aliphatic heterocycles. The maximum Gasteiger partial charge on any atom is 0.269 e. The highest BCUT2D eigenvalue weighted by molar-refractivity contribution is 8.05. The van der Waals surface area contributed by atoms with Gasteiger partial charge in [0, 0.05) is 21.4 Å². The largest absolute Gasteiger partial charge is 0.321 e. The molecule has 4 rings (SSSR count). The number of nitriles is 1. The SMILES string of the molecule is Cc1ccc(NC(=O)/C(C#N)=C2/SC(Cc3cc(Cl)ccc3Cl)C(=O)N2c2ccccc2)c(C)c1. The molecule has 0 aliphatic carbocycles. The number of rotatable bonds is 5. The minimum absolute atomic E-state index is 0.133. The minimum atomic E-state index is -0.585. The van der Waals surface area contributed by atoms with Gasteiger partial charge in [-0.3, -0.25) is 14.5 Å². The first-order valence-electron chi connectivity index (χ1n) is 10.8. The molecule has 0 saturated carbocycles. The van der Waals surface area contributed by atoms with Gasteiger partial charge in [0.25, 0.3) is 5.91 Å². The van der Waals surface area contributed by atoms with Crippen molar-refractivity contribution in [2.24, 2.45) is 0 Å². The number of carbonyl (C=O) groups is 2. The molecule has 0 spiro atoms. The van der Waals surface area contributed by atoms with Crippen molar-refractivity contribution in [3.63, 3.8) is 0 Å². The maximum atomic E-state index is 13.6. The molecule has 1 heterocycles. The number of carbonyl (C=O) groups excluding carboxylic acids is 2. The smallest absolute Gasteiger partial charge is 0.269 e. The van der Waals surface area contributed by atoms with E-state index in [1.165, 1.54) is 16.7 Å². The van der Waals surface area contributed by atoms with E-state index in [2.05, 4.69) is 5.32 Å². The lowest BCUT2D eigenvalue weighted by atomic mass is 10.1. The average Bonchev–Trinajstić information content (AvgIpc) is 3.14. The Morgan fingerprint density at radius 3 is 2.51 bits per heavy atom. The number of thioether (sulfide) groups is 1. The summed E-state index contributed by atoms with van der Waals surface area (Å²) < 4.78 is 0. The van der Waals surface area contributed by atoms with Crippen LogP contribution in [0.4, 0.5) is 11.4 Å². The summed E-state index contributed by atoms with van der Waals surface area (Å²) in [6.07, 6.45) is 0.299. The molecule has 1 fully saturated rings. The van der Waals surface area contributed by atoms with Crippen LogP contribution < -0.4 is 10.2 Å². The fourth-order valence-corrected chi connectivity index (χ4v) is 5.52. The van der Waals surface area contributed by atoms with Crippen LogP contribution in [0.25, 0.3) is 0 Å². The van der Waals surface area contributed by atoms with E-state index < -0.39 is 11.2 Å². The highest BCUT2D eigenvalue weighted by atomic mass is 35.5. The van der Waals surface area contributed by atoms with Crippen LogP contribution in [0.15, 0.2) is 77.3 Å². The Morgan fingerprint density at radius 1 is 1.09 bits per heavy atom. The van der Waals surface area contributed by atoms with Gasteiger partial charge in [-0.15, -0.1) is 0 Å². The first-order chi connectivity index (χ1) is 16.8. The van der Waals surface area contributed by atoms with Crippen LogP contribution in [-0.4, -0.2) is 17.1 Å². The first-order valence-corrected chi connectivity index (χ1v) is 12.4. The van der Waals surface area contributed by atoms with Crippen LogP contribution in [0.5, 0.6) is 0 Å². The van der Waals surface area contributed by atoms with Gasteiger partial charge in [0.15, 0.2) is 0 Å². The summed E-state index contributed by atoms with van der Waals surface area (Å²) in [6, 6.07) is 21.7. The lowest BCUT2D eigenvalue weighted by Gasteiger charge is -2.19. The number of para-hydroxylation sites is 1. The van der Waals surface area contributed by atoms with Crippen molar-refractivity contribution in [1.82, 2.24) is 0 Å². The molecule has 1 aliphatic rings. The number of benzene rings is 3. The third-order valence-corrected chi connectivity index (χ3v) is 7.43. The number of nitrogens with one attached hydrogen (secondary N) is 1. The van der Waals surface area contributed by atoms with Crippen LogP contribution >= 0.6 is 35.0 Å². The molecule has 35 heavy (non-hydrogen) atoms. The molecule has 3 aromatic rings. The monoisotopic (exact) mass is 521 g/mol. The summed E-state index contributed by atoms with van der Waals surface area (Å²) in [5.74, 6) is -0.809. The highest BCUT2D eigenvalue weighted by Crippen LogP contribution is 2.42. The van der Waals surface area contributed by atoms with Crippen molar-refractivity contribution >= 4 is 58.2 Å². The Bertz CT molecular complexity index is 1380. The molecule has 176 valence electrons. The third-order valence-electron chi connectivity index (χ3n) is 5.56. The normalized spacial score (nSPS) is 16.7. The average molecular weight is 522 g/mol. The minimum Gasteiger partial charge on any atom is -0.321 e. The zero-order valence-corrected chi connectivity index (χ0v) is 21.3. The molecule has 1 unspecified atom stereocenters. The van der Waals surface area contributed by atoms with Crippen molar-refractivity contribution in [2.45, 2.75) is 25.5 Å². The second kappa shape index (κ2) is 10.6. The Balaban J connectivity index is 1.74. The Hall–Kier alpha value is -3.24. The molecule has 1 saturated heterocycles. The van der Waals surface area contributed by atoms with E-state index in [0.29, 0.717) is 27.8 Å². The van der Waals surface area contributed by atoms with Gasteiger partial charge in [-0.05, 0) is 67.8 Å². The number of hydrogen-bond acceptors (Lipinski definition) is 4. The van der Waals surface area contributed by atoms with Gasteiger partial charge in [-0.25, -0.2) is 0 Å². The predicted molar refractivity (Wildman–Crippen MR) is 143 cm³/mol. The van der Waals surface area contributed by atoms with E-state index in [4.69, 9.17) is 23.2 Å². The quantitative estimate of drug-likeness (QED) is 0.300. The molecule has 0 bridgehead atoms. The van der Waals surface area contributed by atoms with E-state index >= 15 is 0 Å². The van der Waals surface area contributed by atoms with Gasteiger partial charge in [-0.2, -0.15) is 5.26 Å². The van der Waals surface area contributed by atoms with Crippen LogP contribution in [-0.2, 0) is 16.0 Å². The number of anilines is 2. The van der Waals surface area contributed by atoms with Gasteiger partial charge >= 0.3 is 0 Å². The van der Waals surface area contributed by atoms with E-state index in [-0.39, 0.29) is 16.5 Å². The molecular formula is C27H21Cl2N3O2S. The fraction of sp³-hybridized carbons (Fsp3) is 0.148. The van der Waals surface area contributed by atoms with Crippen molar-refractivity contribution in [2.75, 3.05) is 10.2 Å². The van der Waals surface area contributed by atoms with Gasteiger partial charge in [0.2, 0.25) is 5.91 Å². The molecule has 1 atom stereocenters. The van der Waals surface area contributed by atoms with Crippen LogP contribution in [0.1, 0.15) is 16.7 Å². The second-order valence-corrected chi connectivity index (χ2v) is 10.2. The van der Waals surface area contributed by atoms with E-state index in [1.807, 2.05) is 38.1 Å².